The van der Waals surface area contributed by atoms with E-state index in [1.807, 2.05) is 0 Å². The van der Waals surface area contributed by atoms with Gasteiger partial charge in [-0.1, -0.05) is 6.92 Å². The molecule has 0 bridgehead atoms. The number of halogens is 1. The van der Waals surface area contributed by atoms with Gasteiger partial charge in [0.25, 0.3) is 0 Å². The molecular formula is C14H17FN2S. The Balaban J connectivity index is 2.33. The molecule has 1 unspecified atom stereocenters. The molecule has 0 spiro atoms. The van der Waals surface area contributed by atoms with E-state index in [2.05, 4.69) is 36.3 Å². The summed E-state index contributed by atoms with van der Waals surface area (Å²) in [6.45, 7) is 5.03. The van der Waals surface area contributed by atoms with Gasteiger partial charge in [0.05, 0.1) is 12.2 Å². The summed E-state index contributed by atoms with van der Waals surface area (Å²) in [5.41, 5.74) is 0.667. The van der Waals surface area contributed by atoms with Crippen LogP contribution in [0, 0.1) is 12.7 Å². The topological polar surface area (TPSA) is 24.9 Å². The third-order valence-corrected chi connectivity index (χ3v) is 3.82. The molecule has 0 aliphatic carbocycles. The third-order valence-electron chi connectivity index (χ3n) is 2.76. The Hall–Kier alpha value is -1.26. The molecule has 2 aromatic rings. The van der Waals surface area contributed by atoms with E-state index in [1.54, 1.807) is 23.6 Å². The zero-order valence-corrected chi connectivity index (χ0v) is 11.4. The second kappa shape index (κ2) is 6.07. The van der Waals surface area contributed by atoms with Gasteiger partial charge in [0.1, 0.15) is 5.82 Å². The molecule has 0 aliphatic rings. The molecule has 0 radical (unpaired) electrons. The Morgan fingerprint density at radius 2 is 2.22 bits per heavy atom. The molecule has 96 valence electrons. The van der Waals surface area contributed by atoms with E-state index in [-0.39, 0.29) is 11.9 Å². The summed E-state index contributed by atoms with van der Waals surface area (Å²) < 4.78 is 13.9. The van der Waals surface area contributed by atoms with Crippen molar-refractivity contribution >= 4 is 11.3 Å². The van der Waals surface area contributed by atoms with Crippen molar-refractivity contribution in [3.63, 3.8) is 0 Å². The Morgan fingerprint density at radius 3 is 2.83 bits per heavy atom. The second-order valence-electron chi connectivity index (χ2n) is 4.23. The van der Waals surface area contributed by atoms with Crippen molar-refractivity contribution in [3.05, 3.63) is 51.7 Å². The molecule has 2 aromatic heterocycles. The summed E-state index contributed by atoms with van der Waals surface area (Å²) in [7, 11) is 0. The molecule has 0 fully saturated rings. The molecule has 1 N–H and O–H groups in total. The van der Waals surface area contributed by atoms with Crippen LogP contribution in [0.1, 0.15) is 34.7 Å². The quantitative estimate of drug-likeness (QED) is 0.891. The van der Waals surface area contributed by atoms with E-state index in [0.29, 0.717) is 5.56 Å². The Bertz CT molecular complexity index is 510. The fourth-order valence-corrected chi connectivity index (χ4v) is 2.85. The van der Waals surface area contributed by atoms with E-state index in [9.17, 15) is 4.39 Å². The summed E-state index contributed by atoms with van der Waals surface area (Å²) in [5.74, 6) is -0.253. The number of aryl methyl sites for hydroxylation is 1. The zero-order chi connectivity index (χ0) is 13.0. The minimum absolute atomic E-state index is 0.0772. The van der Waals surface area contributed by atoms with Crippen molar-refractivity contribution in [3.8, 4) is 0 Å². The van der Waals surface area contributed by atoms with Crippen molar-refractivity contribution in [2.45, 2.75) is 26.3 Å². The summed E-state index contributed by atoms with van der Waals surface area (Å²) in [4.78, 5) is 6.19. The average Bonchev–Trinajstić information content (AvgIpc) is 2.78. The van der Waals surface area contributed by atoms with Crippen molar-refractivity contribution in [2.24, 2.45) is 0 Å². The maximum absolute atomic E-state index is 13.9. The second-order valence-corrected chi connectivity index (χ2v) is 5.55. The van der Waals surface area contributed by atoms with Crippen molar-refractivity contribution in [2.75, 3.05) is 6.54 Å². The van der Waals surface area contributed by atoms with Crippen LogP contribution in [0.4, 0.5) is 4.39 Å². The standard InChI is InChI=1S/C14H17FN2S/c1-3-7-17-14(13-5-4-10(2)18-13)11-6-8-16-9-12(11)15/h4-6,8-9,14,17H,3,7H2,1-2H3. The van der Waals surface area contributed by atoms with Crippen LogP contribution in [0.3, 0.4) is 0 Å². The van der Waals surface area contributed by atoms with E-state index in [4.69, 9.17) is 0 Å². The van der Waals surface area contributed by atoms with Crippen LogP contribution in [0.2, 0.25) is 0 Å². The van der Waals surface area contributed by atoms with Crippen LogP contribution in [-0.4, -0.2) is 11.5 Å². The molecule has 4 heteroatoms. The summed E-state index contributed by atoms with van der Waals surface area (Å²) in [5, 5.41) is 3.40. The molecule has 2 heterocycles. The lowest BCUT2D eigenvalue weighted by molar-refractivity contribution is 0.547. The van der Waals surface area contributed by atoms with Crippen molar-refractivity contribution in [1.29, 1.82) is 0 Å². The van der Waals surface area contributed by atoms with E-state index >= 15 is 0 Å². The predicted molar refractivity (Wildman–Crippen MR) is 73.4 cm³/mol. The van der Waals surface area contributed by atoms with Gasteiger partial charge >= 0.3 is 0 Å². The number of hydrogen-bond donors (Lipinski definition) is 1. The van der Waals surface area contributed by atoms with Gasteiger partial charge < -0.3 is 5.32 Å². The molecule has 2 rings (SSSR count). The number of hydrogen-bond acceptors (Lipinski definition) is 3. The van der Waals surface area contributed by atoms with E-state index < -0.39 is 0 Å². The van der Waals surface area contributed by atoms with Gasteiger partial charge in [0, 0.05) is 21.5 Å². The highest BCUT2D eigenvalue weighted by molar-refractivity contribution is 7.12. The largest absolute Gasteiger partial charge is 0.306 e. The third kappa shape index (κ3) is 2.94. The molecule has 0 saturated heterocycles. The Labute approximate surface area is 111 Å². The molecule has 0 aromatic carbocycles. The minimum atomic E-state index is -0.253. The molecule has 0 aliphatic heterocycles. The lowest BCUT2D eigenvalue weighted by Gasteiger charge is -2.18. The number of thiophene rings is 1. The highest BCUT2D eigenvalue weighted by Crippen LogP contribution is 2.29. The molecule has 0 saturated carbocycles. The van der Waals surface area contributed by atoms with Gasteiger partial charge in [-0.2, -0.15) is 0 Å². The van der Waals surface area contributed by atoms with Crippen molar-refractivity contribution < 1.29 is 4.39 Å². The Morgan fingerprint density at radius 1 is 1.39 bits per heavy atom. The van der Waals surface area contributed by atoms with Gasteiger partial charge in [-0.25, -0.2) is 4.39 Å². The number of pyridine rings is 1. The van der Waals surface area contributed by atoms with Gasteiger partial charge in [0.2, 0.25) is 0 Å². The molecule has 2 nitrogen and oxygen atoms in total. The summed E-state index contributed by atoms with van der Waals surface area (Å²) in [6.07, 6.45) is 3.93. The fraction of sp³-hybridized carbons (Fsp3) is 0.357. The van der Waals surface area contributed by atoms with Crippen LogP contribution in [0.25, 0.3) is 0 Å². The average molecular weight is 264 g/mol. The highest BCUT2D eigenvalue weighted by atomic mass is 32.1. The molecule has 18 heavy (non-hydrogen) atoms. The smallest absolute Gasteiger partial charge is 0.146 e. The van der Waals surface area contributed by atoms with Crippen LogP contribution >= 0.6 is 11.3 Å². The van der Waals surface area contributed by atoms with Gasteiger partial charge in [0.15, 0.2) is 0 Å². The number of nitrogens with zero attached hydrogens (tertiary/aromatic N) is 1. The monoisotopic (exact) mass is 264 g/mol. The van der Waals surface area contributed by atoms with Crippen LogP contribution in [0.5, 0.6) is 0 Å². The van der Waals surface area contributed by atoms with Gasteiger partial charge in [-0.3, -0.25) is 4.98 Å². The first-order valence-electron chi connectivity index (χ1n) is 6.11. The van der Waals surface area contributed by atoms with Crippen molar-refractivity contribution in [1.82, 2.24) is 10.3 Å². The van der Waals surface area contributed by atoms with Gasteiger partial charge in [-0.15, -0.1) is 11.3 Å². The maximum atomic E-state index is 13.9. The number of nitrogens with one attached hydrogen (secondary N) is 1. The van der Waals surface area contributed by atoms with E-state index in [1.165, 1.54) is 11.1 Å². The lowest BCUT2D eigenvalue weighted by Crippen LogP contribution is -2.23. The first kappa shape index (κ1) is 13.2. The fourth-order valence-electron chi connectivity index (χ4n) is 1.88. The molecule has 1 atom stereocenters. The zero-order valence-electron chi connectivity index (χ0n) is 10.6. The van der Waals surface area contributed by atoms with Crippen LogP contribution in [-0.2, 0) is 0 Å². The SMILES string of the molecule is CCCNC(c1ccc(C)s1)c1ccncc1F. The first-order chi connectivity index (χ1) is 8.72. The highest BCUT2D eigenvalue weighted by Gasteiger charge is 2.18. The normalized spacial score (nSPS) is 12.6. The Kier molecular flexibility index (Phi) is 4.44. The van der Waals surface area contributed by atoms with Crippen LogP contribution < -0.4 is 5.32 Å². The summed E-state index contributed by atoms with van der Waals surface area (Å²) in [6, 6.07) is 5.80. The van der Waals surface area contributed by atoms with Gasteiger partial charge in [-0.05, 0) is 38.1 Å². The summed E-state index contributed by atoms with van der Waals surface area (Å²) >= 11 is 1.70. The molecule has 0 amide bonds. The lowest BCUT2D eigenvalue weighted by atomic mass is 10.1. The molecular weight excluding hydrogens is 247 g/mol. The van der Waals surface area contributed by atoms with E-state index in [0.717, 1.165) is 17.8 Å². The predicted octanol–water partition coefficient (Wildman–Crippen LogP) is 3.68. The maximum Gasteiger partial charge on any atom is 0.146 e. The first-order valence-corrected chi connectivity index (χ1v) is 6.93. The minimum Gasteiger partial charge on any atom is -0.306 e. The number of aromatic nitrogens is 1. The number of rotatable bonds is 5. The van der Waals surface area contributed by atoms with Crippen LogP contribution in [0.15, 0.2) is 30.6 Å².